The molecule has 0 aliphatic rings. The fraction of sp³-hybridized carbons (Fsp3) is 0.211. The highest BCUT2D eigenvalue weighted by Crippen LogP contribution is 2.20. The molecule has 2 aromatic rings. The van der Waals surface area contributed by atoms with Gasteiger partial charge in [-0.05, 0) is 47.1 Å². The number of nitrogens with one attached hydrogen (secondary N) is 3. The number of amides is 3. The fourth-order valence-corrected chi connectivity index (χ4v) is 2.62. The van der Waals surface area contributed by atoms with E-state index in [4.69, 9.17) is 0 Å². The summed E-state index contributed by atoms with van der Waals surface area (Å²) < 4.78 is 0.761. The summed E-state index contributed by atoms with van der Waals surface area (Å²) in [5.41, 5.74) is 1.17. The van der Waals surface area contributed by atoms with Crippen LogP contribution in [-0.2, 0) is 9.59 Å². The second-order valence-corrected chi connectivity index (χ2v) is 6.60. The molecule has 0 spiro atoms. The van der Waals surface area contributed by atoms with Crippen molar-refractivity contribution in [3.05, 3.63) is 64.6 Å². The molecule has 1 atom stereocenters. The van der Waals surface area contributed by atoms with E-state index in [9.17, 15) is 14.4 Å². The van der Waals surface area contributed by atoms with E-state index < -0.39 is 0 Å². The highest BCUT2D eigenvalue weighted by Gasteiger charge is 2.14. The van der Waals surface area contributed by atoms with Gasteiger partial charge in [0.25, 0.3) is 5.91 Å². The molecule has 2 rings (SSSR count). The normalized spacial score (nSPS) is 11.3. The van der Waals surface area contributed by atoms with Gasteiger partial charge in [-0.3, -0.25) is 14.4 Å². The largest absolute Gasteiger partial charge is 0.349 e. The quantitative estimate of drug-likeness (QED) is 0.646. The van der Waals surface area contributed by atoms with Crippen LogP contribution in [0.25, 0.3) is 0 Å². The maximum absolute atomic E-state index is 12.0. The van der Waals surface area contributed by atoms with Crippen molar-refractivity contribution in [2.24, 2.45) is 0 Å². The molecule has 6 nitrogen and oxygen atoms in total. The number of halogens is 1. The fourth-order valence-electron chi connectivity index (χ4n) is 2.23. The Labute approximate surface area is 160 Å². The van der Waals surface area contributed by atoms with Crippen molar-refractivity contribution in [3.8, 4) is 0 Å². The molecule has 0 radical (unpaired) electrons. The predicted molar refractivity (Wildman–Crippen MR) is 104 cm³/mol. The van der Waals surface area contributed by atoms with E-state index >= 15 is 0 Å². The van der Waals surface area contributed by atoms with Gasteiger partial charge in [0.15, 0.2) is 0 Å². The van der Waals surface area contributed by atoms with E-state index in [0.717, 1.165) is 4.47 Å². The second kappa shape index (κ2) is 9.72. The van der Waals surface area contributed by atoms with Crippen LogP contribution in [0.5, 0.6) is 0 Å². The third-order valence-corrected chi connectivity index (χ3v) is 4.19. The molecule has 2 aromatic carbocycles. The van der Waals surface area contributed by atoms with Gasteiger partial charge in [0.1, 0.15) is 0 Å². The molecular formula is C19H20BrN3O3. The first-order valence-electron chi connectivity index (χ1n) is 8.12. The standard InChI is InChI=1S/C19H20BrN3O3/c1-13(22-19(26)14-7-3-2-4-8-14)11-17(24)21-12-18(25)23-16-10-6-5-9-15(16)20/h2-10,13H,11-12H2,1H3,(H,21,24)(H,22,26)(H,23,25)/t13-/m0/s1. The molecule has 0 saturated heterocycles. The summed E-state index contributed by atoms with van der Waals surface area (Å²) in [4.78, 5) is 35.9. The minimum Gasteiger partial charge on any atom is -0.349 e. The highest BCUT2D eigenvalue weighted by molar-refractivity contribution is 9.10. The first-order chi connectivity index (χ1) is 12.5. The van der Waals surface area contributed by atoms with E-state index in [1.165, 1.54) is 0 Å². The molecular weight excluding hydrogens is 398 g/mol. The lowest BCUT2D eigenvalue weighted by molar-refractivity contribution is -0.124. The van der Waals surface area contributed by atoms with Crippen molar-refractivity contribution in [2.75, 3.05) is 11.9 Å². The molecule has 26 heavy (non-hydrogen) atoms. The average molecular weight is 418 g/mol. The lowest BCUT2D eigenvalue weighted by Gasteiger charge is -2.14. The summed E-state index contributed by atoms with van der Waals surface area (Å²) in [5, 5.41) is 8.01. The van der Waals surface area contributed by atoms with Gasteiger partial charge in [0.2, 0.25) is 11.8 Å². The number of hydrogen-bond donors (Lipinski definition) is 3. The topological polar surface area (TPSA) is 87.3 Å². The average Bonchev–Trinajstić information content (AvgIpc) is 2.62. The van der Waals surface area contributed by atoms with E-state index in [0.29, 0.717) is 11.3 Å². The Hall–Kier alpha value is -2.67. The van der Waals surface area contributed by atoms with Crippen LogP contribution in [0, 0.1) is 0 Å². The Morgan fingerprint density at radius 1 is 0.962 bits per heavy atom. The van der Waals surface area contributed by atoms with Gasteiger partial charge < -0.3 is 16.0 Å². The lowest BCUT2D eigenvalue weighted by Crippen LogP contribution is -2.39. The van der Waals surface area contributed by atoms with E-state index in [2.05, 4.69) is 31.9 Å². The molecule has 0 unspecified atom stereocenters. The molecule has 0 saturated carbocycles. The Kier molecular flexibility index (Phi) is 7.35. The van der Waals surface area contributed by atoms with Crippen LogP contribution >= 0.6 is 15.9 Å². The van der Waals surface area contributed by atoms with Crippen molar-refractivity contribution >= 4 is 39.3 Å². The minimum absolute atomic E-state index is 0.0842. The van der Waals surface area contributed by atoms with Crippen LogP contribution in [0.15, 0.2) is 59.1 Å². The summed E-state index contributed by atoms with van der Waals surface area (Å²) in [6.07, 6.45) is 0.0842. The molecule has 0 aliphatic carbocycles. The molecule has 0 bridgehead atoms. The maximum Gasteiger partial charge on any atom is 0.251 e. The number of carbonyl (C=O) groups excluding carboxylic acids is 3. The first-order valence-corrected chi connectivity index (χ1v) is 8.92. The molecule has 3 amide bonds. The van der Waals surface area contributed by atoms with Gasteiger partial charge in [0.05, 0.1) is 12.2 Å². The first kappa shape index (κ1) is 19.7. The van der Waals surface area contributed by atoms with Gasteiger partial charge in [0, 0.05) is 22.5 Å². The van der Waals surface area contributed by atoms with Crippen LogP contribution in [-0.4, -0.2) is 30.3 Å². The van der Waals surface area contributed by atoms with Crippen LogP contribution in [0.4, 0.5) is 5.69 Å². The Bertz CT molecular complexity index is 781. The van der Waals surface area contributed by atoms with Crippen molar-refractivity contribution < 1.29 is 14.4 Å². The Morgan fingerprint density at radius 3 is 2.31 bits per heavy atom. The number of rotatable bonds is 7. The molecule has 3 N–H and O–H groups in total. The summed E-state index contributed by atoms with van der Waals surface area (Å²) >= 11 is 3.34. The third-order valence-electron chi connectivity index (χ3n) is 3.50. The highest BCUT2D eigenvalue weighted by atomic mass is 79.9. The summed E-state index contributed by atoms with van der Waals surface area (Å²) in [5.74, 6) is -0.878. The SMILES string of the molecule is C[C@@H](CC(=O)NCC(=O)Nc1ccccc1Br)NC(=O)c1ccccc1. The number of anilines is 1. The summed E-state index contributed by atoms with van der Waals surface area (Å²) in [6.45, 7) is 1.60. The molecule has 7 heteroatoms. The number of para-hydroxylation sites is 1. The van der Waals surface area contributed by atoms with Crippen molar-refractivity contribution in [2.45, 2.75) is 19.4 Å². The second-order valence-electron chi connectivity index (χ2n) is 5.75. The van der Waals surface area contributed by atoms with Gasteiger partial charge in [-0.25, -0.2) is 0 Å². The summed E-state index contributed by atoms with van der Waals surface area (Å²) in [7, 11) is 0. The zero-order valence-corrected chi connectivity index (χ0v) is 15.9. The van der Waals surface area contributed by atoms with Crippen LogP contribution in [0.2, 0.25) is 0 Å². The van der Waals surface area contributed by atoms with E-state index in [1.54, 1.807) is 43.3 Å². The van der Waals surface area contributed by atoms with Crippen LogP contribution in [0.3, 0.4) is 0 Å². The van der Waals surface area contributed by atoms with E-state index in [-0.39, 0.29) is 36.7 Å². The lowest BCUT2D eigenvalue weighted by atomic mass is 10.1. The smallest absolute Gasteiger partial charge is 0.251 e. The Balaban J connectivity index is 1.73. The molecule has 136 valence electrons. The minimum atomic E-state index is -0.353. The molecule has 0 aromatic heterocycles. The van der Waals surface area contributed by atoms with Crippen molar-refractivity contribution in [1.29, 1.82) is 0 Å². The van der Waals surface area contributed by atoms with Gasteiger partial charge in [-0.2, -0.15) is 0 Å². The zero-order valence-electron chi connectivity index (χ0n) is 14.3. The van der Waals surface area contributed by atoms with Gasteiger partial charge >= 0.3 is 0 Å². The van der Waals surface area contributed by atoms with Gasteiger partial charge in [-0.15, -0.1) is 0 Å². The molecule has 0 fully saturated rings. The van der Waals surface area contributed by atoms with E-state index in [1.807, 2.05) is 18.2 Å². The third kappa shape index (κ3) is 6.33. The maximum atomic E-state index is 12.0. The number of hydrogen-bond acceptors (Lipinski definition) is 3. The molecule has 0 heterocycles. The number of benzene rings is 2. The number of carbonyl (C=O) groups is 3. The van der Waals surface area contributed by atoms with Crippen LogP contribution in [0.1, 0.15) is 23.7 Å². The predicted octanol–water partition coefficient (Wildman–Crippen LogP) is 2.71. The van der Waals surface area contributed by atoms with Crippen molar-refractivity contribution in [1.82, 2.24) is 10.6 Å². The zero-order chi connectivity index (χ0) is 18.9. The van der Waals surface area contributed by atoms with Crippen molar-refractivity contribution in [3.63, 3.8) is 0 Å². The Morgan fingerprint density at radius 2 is 1.62 bits per heavy atom. The summed E-state index contributed by atoms with van der Waals surface area (Å²) in [6, 6.07) is 15.6. The van der Waals surface area contributed by atoms with Gasteiger partial charge in [-0.1, -0.05) is 30.3 Å². The monoisotopic (exact) mass is 417 g/mol. The molecule has 0 aliphatic heterocycles. The van der Waals surface area contributed by atoms with Crippen LogP contribution < -0.4 is 16.0 Å².